The summed E-state index contributed by atoms with van der Waals surface area (Å²) in [6, 6.07) is 17.6. The molecule has 2 N–H and O–H groups in total. The first-order chi connectivity index (χ1) is 14.0. The number of carbonyl (C=O) groups excluding carboxylic acids is 2. The summed E-state index contributed by atoms with van der Waals surface area (Å²) < 4.78 is 0. The van der Waals surface area contributed by atoms with Gasteiger partial charge < -0.3 is 15.3 Å². The van der Waals surface area contributed by atoms with Crippen molar-refractivity contribution in [2.24, 2.45) is 5.41 Å². The molecule has 2 aliphatic rings. The lowest BCUT2D eigenvalue weighted by atomic mass is 9.69. The van der Waals surface area contributed by atoms with E-state index in [4.69, 9.17) is 0 Å². The topological polar surface area (TPSA) is 69.6 Å². The first-order valence-corrected chi connectivity index (χ1v) is 10.3. The van der Waals surface area contributed by atoms with Crippen molar-refractivity contribution in [3.8, 4) is 0 Å². The van der Waals surface area contributed by atoms with Crippen LogP contribution >= 0.6 is 0 Å². The maximum absolute atomic E-state index is 13.5. The molecule has 0 bridgehead atoms. The second kappa shape index (κ2) is 7.64. The third kappa shape index (κ3) is 3.44. The van der Waals surface area contributed by atoms with Crippen molar-refractivity contribution >= 4 is 17.5 Å². The summed E-state index contributed by atoms with van der Waals surface area (Å²) in [6.45, 7) is 0.558. The van der Waals surface area contributed by atoms with Gasteiger partial charge in [-0.25, -0.2) is 0 Å². The molecule has 0 unspecified atom stereocenters. The molecule has 1 aliphatic heterocycles. The van der Waals surface area contributed by atoms with Crippen molar-refractivity contribution in [3.63, 3.8) is 0 Å². The fourth-order valence-corrected chi connectivity index (χ4v) is 4.76. The van der Waals surface area contributed by atoms with Gasteiger partial charge in [0.25, 0.3) is 0 Å². The molecule has 1 saturated carbocycles. The Balaban J connectivity index is 1.63. The summed E-state index contributed by atoms with van der Waals surface area (Å²) in [6.07, 6.45) is 3.54. The van der Waals surface area contributed by atoms with Gasteiger partial charge in [0.2, 0.25) is 11.8 Å². The Morgan fingerprint density at radius 2 is 1.79 bits per heavy atom. The number of nitrogens with zero attached hydrogens (tertiary/aromatic N) is 1. The average molecular weight is 392 g/mol. The Kier molecular flexibility index (Phi) is 5.17. The molecule has 1 fully saturated rings. The smallest absolute Gasteiger partial charge is 0.238 e. The number of anilines is 1. The van der Waals surface area contributed by atoms with Gasteiger partial charge >= 0.3 is 0 Å². The van der Waals surface area contributed by atoms with Crippen molar-refractivity contribution < 1.29 is 14.7 Å². The molecule has 2 amide bonds. The maximum atomic E-state index is 13.5. The Labute approximate surface area is 171 Å². The highest BCUT2D eigenvalue weighted by atomic mass is 16.3. The van der Waals surface area contributed by atoms with Crippen LogP contribution in [0.5, 0.6) is 0 Å². The summed E-state index contributed by atoms with van der Waals surface area (Å²) in [4.78, 5) is 28.1. The Hall–Kier alpha value is -2.66. The lowest BCUT2D eigenvalue weighted by molar-refractivity contribution is -0.130. The van der Waals surface area contributed by atoms with Crippen LogP contribution in [-0.2, 0) is 21.4 Å². The Morgan fingerprint density at radius 3 is 2.45 bits per heavy atom. The molecule has 0 saturated heterocycles. The van der Waals surface area contributed by atoms with E-state index in [0.29, 0.717) is 13.0 Å². The van der Waals surface area contributed by atoms with Crippen molar-refractivity contribution in [3.05, 3.63) is 65.7 Å². The quantitative estimate of drug-likeness (QED) is 0.761. The molecular weight excluding hydrogens is 364 g/mol. The van der Waals surface area contributed by atoms with Crippen LogP contribution in [0.25, 0.3) is 0 Å². The van der Waals surface area contributed by atoms with Crippen LogP contribution in [0.1, 0.15) is 36.8 Å². The molecule has 152 valence electrons. The second-order valence-electron chi connectivity index (χ2n) is 8.59. The minimum absolute atomic E-state index is 0.0433. The van der Waals surface area contributed by atoms with Crippen molar-refractivity contribution in [2.45, 2.75) is 37.5 Å². The highest BCUT2D eigenvalue weighted by Crippen LogP contribution is 2.45. The van der Waals surface area contributed by atoms with Crippen LogP contribution in [0, 0.1) is 5.41 Å². The number of para-hydroxylation sites is 1. The first-order valence-electron chi connectivity index (χ1n) is 10.3. The van der Waals surface area contributed by atoms with Crippen LogP contribution in [0.3, 0.4) is 0 Å². The summed E-state index contributed by atoms with van der Waals surface area (Å²) in [5.41, 5.74) is 1.71. The molecule has 1 heterocycles. The summed E-state index contributed by atoms with van der Waals surface area (Å²) in [5, 5.41) is 12.7. The van der Waals surface area contributed by atoms with Crippen LogP contribution in [0.2, 0.25) is 0 Å². The summed E-state index contributed by atoms with van der Waals surface area (Å²) >= 11 is 0. The average Bonchev–Trinajstić information content (AvgIpc) is 2.91. The van der Waals surface area contributed by atoms with Crippen LogP contribution in [0.4, 0.5) is 5.69 Å². The van der Waals surface area contributed by atoms with Gasteiger partial charge in [-0.15, -0.1) is 0 Å². The van der Waals surface area contributed by atoms with E-state index in [1.54, 1.807) is 11.9 Å². The third-order valence-corrected chi connectivity index (χ3v) is 6.72. The van der Waals surface area contributed by atoms with E-state index in [-0.39, 0.29) is 30.3 Å². The third-order valence-electron chi connectivity index (χ3n) is 6.72. The molecule has 0 aromatic heterocycles. The van der Waals surface area contributed by atoms with E-state index < -0.39 is 5.41 Å². The number of aliphatic hydroxyl groups excluding tert-OH is 1. The molecule has 2 aromatic rings. The van der Waals surface area contributed by atoms with Crippen LogP contribution in [0.15, 0.2) is 54.6 Å². The zero-order chi connectivity index (χ0) is 20.5. The number of nitrogens with one attached hydrogen (secondary N) is 1. The molecule has 1 atom stereocenters. The minimum Gasteiger partial charge on any atom is -0.396 e. The van der Waals surface area contributed by atoms with Gasteiger partial charge in [0, 0.05) is 31.1 Å². The maximum Gasteiger partial charge on any atom is 0.238 e. The lowest BCUT2D eigenvalue weighted by Gasteiger charge is -2.40. The number of aliphatic hydroxyl groups is 1. The molecule has 1 aliphatic carbocycles. The number of carbonyl (C=O) groups is 2. The van der Waals surface area contributed by atoms with Crippen LogP contribution in [-0.4, -0.2) is 37.1 Å². The molecule has 5 nitrogen and oxygen atoms in total. The predicted octanol–water partition coefficient (Wildman–Crippen LogP) is 2.81. The van der Waals surface area contributed by atoms with Gasteiger partial charge in [-0.3, -0.25) is 9.59 Å². The summed E-state index contributed by atoms with van der Waals surface area (Å²) in [5.74, 6) is -0.183. The van der Waals surface area contributed by atoms with E-state index >= 15 is 0 Å². The van der Waals surface area contributed by atoms with Gasteiger partial charge in [-0.1, -0.05) is 55.0 Å². The number of fused-ring (bicyclic) bond motifs is 1. The van der Waals surface area contributed by atoms with Gasteiger partial charge in [0.15, 0.2) is 0 Å². The highest BCUT2D eigenvalue weighted by Gasteiger charge is 2.51. The van der Waals surface area contributed by atoms with E-state index in [2.05, 4.69) is 5.32 Å². The second-order valence-corrected chi connectivity index (χ2v) is 8.59. The molecule has 29 heavy (non-hydrogen) atoms. The minimum atomic E-state index is -0.914. The molecule has 5 heteroatoms. The monoisotopic (exact) mass is 392 g/mol. The predicted molar refractivity (Wildman–Crippen MR) is 113 cm³/mol. The number of hydrogen-bond acceptors (Lipinski definition) is 3. The standard InChI is InChI=1S/C24H28N2O3/c1-26-20-11-6-5-10-19(20)24(22(26)29,14-18-8-3-2-4-9-18)15-21(28)25-16-23(17-27)12-7-13-23/h2-6,8-11,27H,7,12-17H2,1H3,(H,25,28)/t24-/m1/s1. The highest BCUT2D eigenvalue weighted by molar-refractivity contribution is 6.09. The number of hydrogen-bond donors (Lipinski definition) is 2. The SMILES string of the molecule is CN1C(=O)[C@@](CC(=O)NCC2(CO)CCC2)(Cc2ccccc2)c2ccccc21. The first kappa shape index (κ1) is 19.6. The fraction of sp³-hybridized carbons (Fsp3) is 0.417. The van der Waals surface area contributed by atoms with E-state index in [9.17, 15) is 14.7 Å². The fourth-order valence-electron chi connectivity index (χ4n) is 4.76. The molecular formula is C24H28N2O3. The van der Waals surface area contributed by atoms with E-state index in [1.807, 2.05) is 54.6 Å². The largest absolute Gasteiger partial charge is 0.396 e. The van der Waals surface area contributed by atoms with Gasteiger partial charge in [-0.2, -0.15) is 0 Å². The number of benzene rings is 2. The molecule has 0 radical (unpaired) electrons. The number of amides is 2. The lowest BCUT2D eigenvalue weighted by Crippen LogP contribution is -2.48. The summed E-state index contributed by atoms with van der Waals surface area (Å²) in [7, 11) is 1.78. The van der Waals surface area contributed by atoms with E-state index in [0.717, 1.165) is 36.1 Å². The zero-order valence-corrected chi connectivity index (χ0v) is 16.9. The van der Waals surface area contributed by atoms with E-state index in [1.165, 1.54) is 0 Å². The molecule has 4 rings (SSSR count). The van der Waals surface area contributed by atoms with Crippen molar-refractivity contribution in [2.75, 3.05) is 25.1 Å². The van der Waals surface area contributed by atoms with Crippen LogP contribution < -0.4 is 10.2 Å². The molecule has 2 aromatic carbocycles. The Bertz CT molecular complexity index is 902. The van der Waals surface area contributed by atoms with Crippen molar-refractivity contribution in [1.29, 1.82) is 0 Å². The van der Waals surface area contributed by atoms with Gasteiger partial charge in [0.1, 0.15) is 0 Å². The Morgan fingerprint density at radius 1 is 1.10 bits per heavy atom. The zero-order valence-electron chi connectivity index (χ0n) is 16.9. The van der Waals surface area contributed by atoms with Gasteiger partial charge in [-0.05, 0) is 36.5 Å². The number of likely N-dealkylation sites (N-methyl/N-ethyl adjacent to an activating group) is 1. The van der Waals surface area contributed by atoms with Gasteiger partial charge in [0.05, 0.1) is 12.0 Å². The molecule has 0 spiro atoms. The van der Waals surface area contributed by atoms with Crippen molar-refractivity contribution in [1.82, 2.24) is 5.32 Å². The normalized spacial score (nSPS) is 22.1. The number of rotatable bonds is 7.